The van der Waals surface area contributed by atoms with Crippen LogP contribution in [-0.2, 0) is 19.3 Å². The van der Waals surface area contributed by atoms with Crippen molar-refractivity contribution in [3.63, 3.8) is 0 Å². The van der Waals surface area contributed by atoms with Crippen LogP contribution in [0.25, 0.3) is 11.4 Å². The predicted octanol–water partition coefficient (Wildman–Crippen LogP) is 2.64. The van der Waals surface area contributed by atoms with Crippen molar-refractivity contribution in [2.45, 2.75) is 32.1 Å². The molecule has 0 amide bonds. The van der Waals surface area contributed by atoms with Gasteiger partial charge < -0.3 is 4.74 Å². The summed E-state index contributed by atoms with van der Waals surface area (Å²) in [6, 6.07) is 10.8. The molecular weight excluding hydrogens is 388 g/mol. The van der Waals surface area contributed by atoms with Gasteiger partial charge in [0.1, 0.15) is 29.5 Å². The van der Waals surface area contributed by atoms with Gasteiger partial charge in [-0.3, -0.25) is 9.91 Å². The zero-order valence-corrected chi connectivity index (χ0v) is 18.0. The SMILES string of the molecule is COc1ccc(CCN2CCN(n3ncnc4c(C#N)c5c(c3-4)CCCC5)CC2)cc1. The molecule has 2 aliphatic carbocycles. The highest BCUT2D eigenvalue weighted by Gasteiger charge is 2.31. The van der Waals surface area contributed by atoms with Crippen LogP contribution < -0.4 is 9.75 Å². The van der Waals surface area contributed by atoms with Crippen molar-refractivity contribution >= 4 is 0 Å². The molecule has 0 radical (unpaired) electrons. The highest BCUT2D eigenvalue weighted by atomic mass is 16.5. The fourth-order valence-electron chi connectivity index (χ4n) is 4.94. The van der Waals surface area contributed by atoms with E-state index < -0.39 is 0 Å². The highest BCUT2D eigenvalue weighted by molar-refractivity contribution is 5.76. The normalized spacial score (nSPS) is 16.8. The second-order valence-electron chi connectivity index (χ2n) is 8.39. The van der Waals surface area contributed by atoms with Crippen LogP contribution in [0.15, 0.2) is 30.6 Å². The fourth-order valence-corrected chi connectivity index (χ4v) is 4.94. The van der Waals surface area contributed by atoms with Crippen LogP contribution in [0.1, 0.15) is 35.1 Å². The monoisotopic (exact) mass is 416 g/mol. The molecule has 0 bridgehead atoms. The first-order valence-electron chi connectivity index (χ1n) is 11.2. The fraction of sp³-hybridized carbons (Fsp3) is 0.458. The van der Waals surface area contributed by atoms with Crippen LogP contribution in [-0.4, -0.2) is 59.6 Å². The molecular formula is C24H28N6O. The molecule has 1 saturated heterocycles. The molecule has 0 atom stereocenters. The Kier molecular flexibility index (Phi) is 5.47. The number of nitriles is 1. The number of hydrogen-bond donors (Lipinski definition) is 0. The number of piperazine rings is 1. The summed E-state index contributed by atoms with van der Waals surface area (Å²) in [6.07, 6.45) is 6.96. The van der Waals surface area contributed by atoms with Crippen molar-refractivity contribution in [2.24, 2.45) is 0 Å². The maximum absolute atomic E-state index is 9.75. The Hall–Kier alpha value is -3.11. The minimum Gasteiger partial charge on any atom is -0.497 e. The van der Waals surface area contributed by atoms with Crippen molar-refractivity contribution in [3.05, 3.63) is 52.8 Å². The summed E-state index contributed by atoms with van der Waals surface area (Å²) in [5.74, 6) is 0.903. The van der Waals surface area contributed by atoms with Crippen molar-refractivity contribution in [2.75, 3.05) is 44.8 Å². The van der Waals surface area contributed by atoms with Crippen molar-refractivity contribution < 1.29 is 4.74 Å². The Morgan fingerprint density at radius 3 is 2.48 bits per heavy atom. The number of methoxy groups -OCH3 is 1. The van der Waals surface area contributed by atoms with E-state index in [1.54, 1.807) is 13.4 Å². The number of aromatic nitrogens is 3. The lowest BCUT2D eigenvalue weighted by Crippen LogP contribution is -2.52. The lowest BCUT2D eigenvalue weighted by Gasteiger charge is -2.37. The maximum Gasteiger partial charge on any atom is 0.138 e. The molecule has 0 saturated carbocycles. The topological polar surface area (TPSA) is 70.2 Å². The third-order valence-electron chi connectivity index (χ3n) is 6.67. The molecule has 7 heteroatoms. The van der Waals surface area contributed by atoms with Crippen molar-refractivity contribution in [1.82, 2.24) is 19.8 Å². The quantitative estimate of drug-likeness (QED) is 0.637. The first-order chi connectivity index (χ1) is 15.3. The first-order valence-corrected chi connectivity index (χ1v) is 11.2. The van der Waals surface area contributed by atoms with Crippen LogP contribution in [0.5, 0.6) is 5.75 Å². The van der Waals surface area contributed by atoms with Gasteiger partial charge in [0.2, 0.25) is 0 Å². The lowest BCUT2D eigenvalue weighted by atomic mass is 9.94. The van der Waals surface area contributed by atoms with Gasteiger partial charge in [-0.1, -0.05) is 12.1 Å². The first kappa shape index (κ1) is 19.8. The van der Waals surface area contributed by atoms with E-state index in [-0.39, 0.29) is 0 Å². The zero-order valence-electron chi connectivity index (χ0n) is 18.0. The van der Waals surface area contributed by atoms with E-state index in [4.69, 9.17) is 4.74 Å². The van der Waals surface area contributed by atoms with E-state index in [1.807, 2.05) is 16.9 Å². The van der Waals surface area contributed by atoms with Crippen molar-refractivity contribution in [1.29, 1.82) is 5.26 Å². The van der Waals surface area contributed by atoms with Crippen LogP contribution in [0.4, 0.5) is 0 Å². The van der Waals surface area contributed by atoms with Crippen LogP contribution in [0.3, 0.4) is 0 Å². The Labute approximate surface area is 183 Å². The number of fused-ring (bicyclic) bond motifs is 3. The molecule has 5 rings (SSSR count). The average Bonchev–Trinajstić information content (AvgIpc) is 3.17. The van der Waals surface area contributed by atoms with E-state index in [1.165, 1.54) is 23.1 Å². The largest absolute Gasteiger partial charge is 0.497 e. The number of hydrogen-bond acceptors (Lipinski definition) is 6. The Bertz CT molecular complexity index is 1060. The van der Waals surface area contributed by atoms with Gasteiger partial charge in [0.25, 0.3) is 0 Å². The minimum atomic E-state index is 0.763. The van der Waals surface area contributed by atoms with Crippen molar-refractivity contribution in [3.8, 4) is 23.2 Å². The van der Waals surface area contributed by atoms with Gasteiger partial charge in [-0.2, -0.15) is 10.1 Å². The molecule has 4 aliphatic rings. The second-order valence-corrected chi connectivity index (χ2v) is 8.39. The highest BCUT2D eigenvalue weighted by Crippen LogP contribution is 2.38. The molecule has 0 N–H and O–H groups in total. The molecule has 160 valence electrons. The molecule has 2 heterocycles. The van der Waals surface area contributed by atoms with E-state index in [9.17, 15) is 5.26 Å². The van der Waals surface area contributed by atoms with Gasteiger partial charge in [0, 0.05) is 32.7 Å². The van der Waals surface area contributed by atoms with E-state index in [0.29, 0.717) is 0 Å². The summed E-state index contributed by atoms with van der Waals surface area (Å²) in [4.78, 5) is 9.05. The van der Waals surface area contributed by atoms with Gasteiger partial charge in [0.15, 0.2) is 0 Å². The van der Waals surface area contributed by atoms with Crippen LogP contribution in [0.2, 0.25) is 0 Å². The molecule has 7 nitrogen and oxygen atoms in total. The summed E-state index contributed by atoms with van der Waals surface area (Å²) in [7, 11) is 1.70. The van der Waals surface area contributed by atoms with Gasteiger partial charge >= 0.3 is 0 Å². The Morgan fingerprint density at radius 1 is 1.03 bits per heavy atom. The summed E-state index contributed by atoms with van der Waals surface area (Å²) < 4.78 is 5.24. The zero-order chi connectivity index (χ0) is 21.2. The molecule has 1 aromatic rings. The molecule has 31 heavy (non-hydrogen) atoms. The summed E-state index contributed by atoms with van der Waals surface area (Å²) in [5, 5.41) is 16.7. The molecule has 0 aromatic heterocycles. The molecule has 1 aromatic carbocycles. The third-order valence-corrected chi connectivity index (χ3v) is 6.67. The summed E-state index contributed by atoms with van der Waals surface area (Å²) in [5.41, 5.74) is 6.48. The average molecular weight is 417 g/mol. The Morgan fingerprint density at radius 2 is 1.77 bits per heavy atom. The van der Waals surface area contributed by atoms with E-state index >= 15 is 0 Å². The molecule has 2 aliphatic heterocycles. The van der Waals surface area contributed by atoms with Crippen LogP contribution >= 0.6 is 0 Å². The predicted molar refractivity (Wildman–Crippen MR) is 119 cm³/mol. The lowest BCUT2D eigenvalue weighted by molar-refractivity contribution is 0.237. The number of benzene rings is 1. The second kappa shape index (κ2) is 8.56. The molecule has 0 spiro atoms. The molecule has 1 fully saturated rings. The Balaban J connectivity index is 1.28. The van der Waals surface area contributed by atoms with Gasteiger partial charge in [-0.05, 0) is 60.9 Å². The molecule has 0 unspecified atom stereocenters. The van der Waals surface area contributed by atoms with Crippen LogP contribution in [0, 0.1) is 11.3 Å². The van der Waals surface area contributed by atoms with Gasteiger partial charge in [-0.15, -0.1) is 5.10 Å². The number of ether oxygens (including phenoxy) is 1. The number of rotatable bonds is 5. The number of nitrogens with zero attached hydrogens (tertiary/aromatic N) is 6. The van der Waals surface area contributed by atoms with Gasteiger partial charge in [-0.25, -0.2) is 4.98 Å². The maximum atomic E-state index is 9.75. The minimum absolute atomic E-state index is 0.763. The third kappa shape index (κ3) is 3.72. The van der Waals surface area contributed by atoms with E-state index in [2.05, 4.69) is 38.2 Å². The smallest absolute Gasteiger partial charge is 0.138 e. The van der Waals surface area contributed by atoms with E-state index in [0.717, 1.165) is 81.1 Å². The standard InChI is InChI=1S/C24H28N6O/c1-31-19-8-6-18(7-9-19)10-11-28-12-14-29(15-13-28)30-24-21-5-3-2-4-20(21)22(16-25)23(24)26-17-27-30/h6-9,17H,2-5,10-15H2,1H3. The summed E-state index contributed by atoms with van der Waals surface area (Å²) in [6.45, 7) is 4.89. The summed E-state index contributed by atoms with van der Waals surface area (Å²) >= 11 is 0. The van der Waals surface area contributed by atoms with Gasteiger partial charge in [0.05, 0.1) is 12.7 Å².